The van der Waals surface area contributed by atoms with Gasteiger partial charge in [-0.1, -0.05) is 34.1 Å². The van der Waals surface area contributed by atoms with Gasteiger partial charge < -0.3 is 30.1 Å². The molecular formula is C28H32BrN3O6. The summed E-state index contributed by atoms with van der Waals surface area (Å²) >= 11 is 3.66. The lowest BCUT2D eigenvalue weighted by Gasteiger charge is -2.34. The first-order valence-corrected chi connectivity index (χ1v) is 13.8. The summed E-state index contributed by atoms with van der Waals surface area (Å²) < 4.78 is 11.9. The van der Waals surface area contributed by atoms with E-state index in [1.807, 2.05) is 39.0 Å². The van der Waals surface area contributed by atoms with Gasteiger partial charge >= 0.3 is 0 Å². The minimum absolute atomic E-state index is 0.0316. The van der Waals surface area contributed by atoms with Crippen LogP contribution >= 0.6 is 15.9 Å². The first kappa shape index (κ1) is 26.6. The van der Waals surface area contributed by atoms with Gasteiger partial charge in [-0.2, -0.15) is 0 Å². The van der Waals surface area contributed by atoms with Gasteiger partial charge in [0.2, 0.25) is 17.7 Å². The maximum Gasteiger partial charge on any atom is 0.250 e. The van der Waals surface area contributed by atoms with Crippen molar-refractivity contribution in [2.45, 2.75) is 49.8 Å². The third kappa shape index (κ3) is 4.28. The maximum absolute atomic E-state index is 13.8. The quantitative estimate of drug-likeness (QED) is 0.410. The number of fused-ring (bicyclic) bond motifs is 1. The van der Waals surface area contributed by atoms with Crippen molar-refractivity contribution in [3.8, 4) is 5.75 Å². The molecule has 202 valence electrons. The molecule has 0 aromatic heterocycles. The average molecular weight is 586 g/mol. The van der Waals surface area contributed by atoms with E-state index in [0.29, 0.717) is 30.2 Å². The number of benzene rings is 2. The van der Waals surface area contributed by atoms with Crippen LogP contribution in [0.4, 0.5) is 11.4 Å². The van der Waals surface area contributed by atoms with Crippen LogP contribution in [0.25, 0.3) is 0 Å². The highest BCUT2D eigenvalue weighted by molar-refractivity contribution is 9.09. The first-order chi connectivity index (χ1) is 18.2. The Bertz CT molecular complexity index is 1230. The first-order valence-electron chi connectivity index (χ1n) is 12.9. The molecule has 38 heavy (non-hydrogen) atoms. The van der Waals surface area contributed by atoms with Crippen molar-refractivity contribution < 1.29 is 29.0 Å². The molecular weight excluding hydrogens is 554 g/mol. The van der Waals surface area contributed by atoms with Crippen LogP contribution in [0.5, 0.6) is 5.75 Å². The molecule has 3 aliphatic rings. The molecule has 0 aliphatic carbocycles. The summed E-state index contributed by atoms with van der Waals surface area (Å²) in [6.45, 7) is 5.90. The minimum atomic E-state index is -1.19. The molecule has 0 radical (unpaired) electrons. The Morgan fingerprint density at radius 2 is 1.82 bits per heavy atom. The largest absolute Gasteiger partial charge is 0.494 e. The Hall–Kier alpha value is -2.95. The molecule has 3 aliphatic heterocycles. The molecule has 2 bridgehead atoms. The Balaban J connectivity index is 1.45. The van der Waals surface area contributed by atoms with Crippen molar-refractivity contribution in [2.75, 3.05) is 30.4 Å². The SMILES string of the molecule is CCOc1ccc(NC(=O)[C@H]2[C@@H]3OC4(CC3Br)C(C(=O)Nc3c(C)cccc3C)N(CCO)C(=O)[C@H]24)cc1. The zero-order valence-electron chi connectivity index (χ0n) is 21.6. The number of carbonyl (C=O) groups excluding carboxylic acids is 3. The van der Waals surface area contributed by atoms with Gasteiger partial charge in [0.05, 0.1) is 31.2 Å². The number of ether oxygens (including phenoxy) is 2. The van der Waals surface area contributed by atoms with Gasteiger partial charge in [0.15, 0.2) is 0 Å². The van der Waals surface area contributed by atoms with Crippen molar-refractivity contribution in [1.29, 1.82) is 0 Å². The molecule has 3 N–H and O–H groups in total. The minimum Gasteiger partial charge on any atom is -0.494 e. The lowest BCUT2D eigenvalue weighted by atomic mass is 9.70. The number of β-amino-alcohol motifs (C(OH)–C–C–N with tert-alkyl or cyclic N) is 1. The number of aryl methyl sites for hydroxylation is 2. The number of para-hydroxylation sites is 1. The van der Waals surface area contributed by atoms with Gasteiger partial charge in [0, 0.05) is 22.7 Å². The van der Waals surface area contributed by atoms with Gasteiger partial charge in [0.25, 0.3) is 0 Å². The molecule has 3 fully saturated rings. The molecule has 0 saturated carbocycles. The lowest BCUT2D eigenvalue weighted by molar-refractivity contribution is -0.140. The van der Waals surface area contributed by atoms with Crippen molar-refractivity contribution in [3.05, 3.63) is 53.6 Å². The summed E-state index contributed by atoms with van der Waals surface area (Å²) in [7, 11) is 0. The molecule has 9 nitrogen and oxygen atoms in total. The monoisotopic (exact) mass is 585 g/mol. The number of halogens is 1. The molecule has 2 aromatic rings. The standard InChI is InChI=1S/C28H32BrN3O6/c1-4-37-18-10-8-17(9-11-18)30-25(34)20-21-27(36)32(12-13-33)24(28(21)14-19(29)23(20)38-28)26(35)31-22-15(2)6-5-7-16(22)3/h5-11,19-21,23-24,33H,4,12-14H2,1-3H3,(H,30,34)(H,31,35)/t19?,20-,21+,23-,24?,28?/m1/s1. The third-order valence-corrected chi connectivity index (χ3v) is 8.69. The summed E-state index contributed by atoms with van der Waals surface area (Å²) in [5, 5.41) is 15.7. The van der Waals surface area contributed by atoms with E-state index in [1.54, 1.807) is 24.3 Å². The molecule has 6 atom stereocenters. The van der Waals surface area contributed by atoms with Crippen LogP contribution in [0.3, 0.4) is 0 Å². The van der Waals surface area contributed by atoms with Crippen LogP contribution in [0.2, 0.25) is 0 Å². The van der Waals surface area contributed by atoms with Gasteiger partial charge in [-0.15, -0.1) is 0 Å². The summed E-state index contributed by atoms with van der Waals surface area (Å²) in [4.78, 5) is 42.4. The highest BCUT2D eigenvalue weighted by atomic mass is 79.9. The van der Waals surface area contributed by atoms with Crippen LogP contribution in [0.15, 0.2) is 42.5 Å². The predicted molar refractivity (Wildman–Crippen MR) is 145 cm³/mol. The molecule has 3 unspecified atom stereocenters. The molecule has 3 saturated heterocycles. The third-order valence-electron chi connectivity index (χ3n) is 7.84. The van der Waals surface area contributed by atoms with Crippen LogP contribution in [0.1, 0.15) is 24.5 Å². The van der Waals surface area contributed by atoms with Crippen LogP contribution < -0.4 is 15.4 Å². The summed E-state index contributed by atoms with van der Waals surface area (Å²) in [5.41, 5.74) is 1.86. The molecule has 10 heteroatoms. The number of amides is 3. The number of anilines is 2. The van der Waals surface area contributed by atoms with Crippen molar-refractivity contribution in [3.63, 3.8) is 0 Å². The van der Waals surface area contributed by atoms with E-state index < -0.39 is 29.6 Å². The zero-order chi connectivity index (χ0) is 27.2. The Morgan fingerprint density at radius 1 is 1.13 bits per heavy atom. The molecule has 3 heterocycles. The highest BCUT2D eigenvalue weighted by Gasteiger charge is 2.76. The molecule has 1 spiro atoms. The molecule has 2 aromatic carbocycles. The van der Waals surface area contributed by atoms with Crippen molar-refractivity contribution >= 4 is 45.0 Å². The topological polar surface area (TPSA) is 117 Å². The van der Waals surface area contributed by atoms with Crippen molar-refractivity contribution in [1.82, 2.24) is 4.90 Å². The van der Waals surface area contributed by atoms with Gasteiger partial charge in [-0.3, -0.25) is 14.4 Å². The summed E-state index contributed by atoms with van der Waals surface area (Å²) in [6, 6.07) is 11.8. The number of aliphatic hydroxyl groups is 1. The number of hydrogen-bond donors (Lipinski definition) is 3. The van der Waals surface area contributed by atoms with E-state index in [0.717, 1.165) is 11.1 Å². The normalized spacial score (nSPS) is 29.3. The maximum atomic E-state index is 13.8. The van der Waals surface area contributed by atoms with Gasteiger partial charge in [-0.25, -0.2) is 0 Å². The number of nitrogens with zero attached hydrogens (tertiary/aromatic N) is 1. The van der Waals surface area contributed by atoms with E-state index >= 15 is 0 Å². The van der Waals surface area contributed by atoms with E-state index in [2.05, 4.69) is 26.6 Å². The number of alkyl halides is 1. The average Bonchev–Trinajstić information content (AvgIpc) is 3.47. The summed E-state index contributed by atoms with van der Waals surface area (Å²) in [6.07, 6.45) is -0.174. The molecule has 3 amide bonds. The number of likely N-dealkylation sites (tertiary alicyclic amines) is 1. The fraction of sp³-hybridized carbons (Fsp3) is 0.464. The van der Waals surface area contributed by atoms with E-state index in [-0.39, 0.29) is 35.7 Å². The van der Waals surface area contributed by atoms with Crippen LogP contribution in [-0.4, -0.2) is 70.1 Å². The second kappa shape index (κ2) is 10.3. The van der Waals surface area contributed by atoms with E-state index in [9.17, 15) is 19.5 Å². The predicted octanol–water partition coefficient (Wildman–Crippen LogP) is 3.02. The Kier molecular flexibility index (Phi) is 7.23. The van der Waals surface area contributed by atoms with E-state index in [1.165, 1.54) is 4.90 Å². The van der Waals surface area contributed by atoms with Gasteiger partial charge in [0.1, 0.15) is 17.4 Å². The zero-order valence-corrected chi connectivity index (χ0v) is 23.2. The van der Waals surface area contributed by atoms with E-state index in [4.69, 9.17) is 9.47 Å². The van der Waals surface area contributed by atoms with Crippen LogP contribution in [-0.2, 0) is 19.1 Å². The second-order valence-corrected chi connectivity index (χ2v) is 11.3. The van der Waals surface area contributed by atoms with Crippen molar-refractivity contribution in [2.24, 2.45) is 11.8 Å². The number of aliphatic hydroxyl groups excluding tert-OH is 1. The Labute approximate surface area is 230 Å². The fourth-order valence-corrected chi connectivity index (χ4v) is 7.25. The van der Waals surface area contributed by atoms with Gasteiger partial charge in [-0.05, 0) is 62.6 Å². The number of hydrogen-bond acceptors (Lipinski definition) is 6. The summed E-state index contributed by atoms with van der Waals surface area (Å²) in [5.74, 6) is -2.04. The Morgan fingerprint density at radius 3 is 2.45 bits per heavy atom. The van der Waals surface area contributed by atoms with Crippen LogP contribution in [0, 0.1) is 25.7 Å². The fourth-order valence-electron chi connectivity index (χ4n) is 6.31. The smallest absolute Gasteiger partial charge is 0.250 e. The lowest BCUT2D eigenvalue weighted by Crippen LogP contribution is -2.54. The number of carbonyl (C=O) groups is 3. The number of nitrogens with one attached hydrogen (secondary N) is 2. The highest BCUT2D eigenvalue weighted by Crippen LogP contribution is 2.60. The number of rotatable bonds is 8. The molecule has 5 rings (SSSR count). The second-order valence-electron chi connectivity index (χ2n) is 10.1.